The number of aromatic nitrogens is 4. The molecule has 0 aliphatic carbocycles. The first kappa shape index (κ1) is 18.0. The van der Waals surface area contributed by atoms with Crippen LogP contribution in [0.4, 0.5) is 0 Å². The molecule has 1 saturated heterocycles. The number of hydrogen-bond acceptors (Lipinski definition) is 5. The Bertz CT molecular complexity index is 853. The number of nitrogens with one attached hydrogen (secondary N) is 1. The highest BCUT2D eigenvalue weighted by molar-refractivity contribution is 7.86. The zero-order valence-electron chi connectivity index (χ0n) is 15.0. The van der Waals surface area contributed by atoms with Crippen LogP contribution >= 0.6 is 0 Å². The highest BCUT2D eigenvalue weighted by Crippen LogP contribution is 2.30. The summed E-state index contributed by atoms with van der Waals surface area (Å²) in [6.07, 6.45) is 1.51. The van der Waals surface area contributed by atoms with Crippen LogP contribution in [0.2, 0.25) is 0 Å². The molecule has 0 aromatic carbocycles. The summed E-state index contributed by atoms with van der Waals surface area (Å²) in [6, 6.07) is 3.93. The number of H-pyrrole nitrogens is 1. The van der Waals surface area contributed by atoms with Gasteiger partial charge in [-0.1, -0.05) is 0 Å². The largest absolute Gasteiger partial charge is 0.282 e. The number of nitrogens with zero attached hydrogens (tertiary/aromatic N) is 5. The van der Waals surface area contributed by atoms with Gasteiger partial charge in [-0.15, -0.1) is 0 Å². The topological polar surface area (TPSA) is 95.1 Å². The van der Waals surface area contributed by atoms with E-state index in [-0.39, 0.29) is 5.92 Å². The monoisotopic (exact) mass is 364 g/mol. The SMILES string of the molecule is Cc1nc(-c2cc(C)[nH]n2)cc(C2CCN(S(=O)(=O)N(C)C)CC2)n1. The summed E-state index contributed by atoms with van der Waals surface area (Å²) in [5, 5.41) is 7.20. The minimum Gasteiger partial charge on any atom is -0.282 e. The van der Waals surface area contributed by atoms with Crippen LogP contribution in [0.15, 0.2) is 12.1 Å². The maximum atomic E-state index is 12.2. The van der Waals surface area contributed by atoms with E-state index in [1.54, 1.807) is 14.1 Å². The first-order chi connectivity index (χ1) is 11.8. The van der Waals surface area contributed by atoms with E-state index in [4.69, 9.17) is 0 Å². The molecule has 0 bridgehead atoms. The quantitative estimate of drug-likeness (QED) is 0.886. The average Bonchev–Trinajstić information content (AvgIpc) is 3.01. The van der Waals surface area contributed by atoms with Gasteiger partial charge in [-0.3, -0.25) is 5.10 Å². The lowest BCUT2D eigenvalue weighted by Gasteiger charge is -2.32. The van der Waals surface area contributed by atoms with E-state index in [2.05, 4.69) is 20.2 Å². The van der Waals surface area contributed by atoms with Crippen LogP contribution in [0.3, 0.4) is 0 Å². The van der Waals surface area contributed by atoms with Crippen molar-refractivity contribution in [1.82, 2.24) is 28.8 Å². The van der Waals surface area contributed by atoms with Crippen LogP contribution in [0, 0.1) is 13.8 Å². The Labute approximate surface area is 148 Å². The van der Waals surface area contributed by atoms with E-state index in [1.807, 2.05) is 26.0 Å². The third-order valence-corrected chi connectivity index (χ3v) is 6.43. The lowest BCUT2D eigenvalue weighted by Crippen LogP contribution is -2.44. The van der Waals surface area contributed by atoms with Crippen molar-refractivity contribution in [2.75, 3.05) is 27.2 Å². The lowest BCUT2D eigenvalue weighted by atomic mass is 9.93. The first-order valence-corrected chi connectivity index (χ1v) is 9.72. The Balaban J connectivity index is 1.79. The molecule has 1 aliphatic rings. The van der Waals surface area contributed by atoms with E-state index < -0.39 is 10.2 Å². The summed E-state index contributed by atoms with van der Waals surface area (Å²) in [5.74, 6) is 0.936. The normalized spacial score (nSPS) is 17.3. The minimum absolute atomic E-state index is 0.231. The molecule has 0 saturated carbocycles. The Morgan fingerprint density at radius 1 is 1.12 bits per heavy atom. The second kappa shape index (κ2) is 6.81. The highest BCUT2D eigenvalue weighted by atomic mass is 32.2. The summed E-state index contributed by atoms with van der Waals surface area (Å²) >= 11 is 0. The molecule has 8 nitrogen and oxygen atoms in total. The highest BCUT2D eigenvalue weighted by Gasteiger charge is 2.30. The molecule has 2 aromatic rings. The third-order valence-electron chi connectivity index (χ3n) is 4.49. The van der Waals surface area contributed by atoms with E-state index in [0.29, 0.717) is 18.9 Å². The maximum Gasteiger partial charge on any atom is 0.281 e. The fraction of sp³-hybridized carbons (Fsp3) is 0.562. The van der Waals surface area contributed by atoms with Gasteiger partial charge >= 0.3 is 0 Å². The average molecular weight is 364 g/mol. The van der Waals surface area contributed by atoms with Crippen LogP contribution < -0.4 is 0 Å². The van der Waals surface area contributed by atoms with Gasteiger partial charge in [0.05, 0.1) is 5.69 Å². The van der Waals surface area contributed by atoms with Crippen molar-refractivity contribution in [3.05, 3.63) is 29.3 Å². The molecule has 0 amide bonds. The van der Waals surface area contributed by atoms with Crippen molar-refractivity contribution in [3.63, 3.8) is 0 Å². The standard InChI is InChI=1S/C16H24N6O2S/c1-11-9-16(20-19-11)15-10-14(17-12(2)18-15)13-5-7-22(8-6-13)25(23,24)21(3)4/h9-10,13H,5-8H2,1-4H3,(H,19,20). The first-order valence-electron chi connectivity index (χ1n) is 8.33. The summed E-state index contributed by atoms with van der Waals surface area (Å²) in [6.45, 7) is 4.83. The number of piperidine rings is 1. The van der Waals surface area contributed by atoms with Crippen LogP contribution in [-0.2, 0) is 10.2 Å². The molecule has 0 atom stereocenters. The van der Waals surface area contributed by atoms with Crippen molar-refractivity contribution >= 4 is 10.2 Å². The molecule has 25 heavy (non-hydrogen) atoms. The van der Waals surface area contributed by atoms with Crippen molar-refractivity contribution in [2.24, 2.45) is 0 Å². The van der Waals surface area contributed by atoms with Gasteiger partial charge in [0.25, 0.3) is 10.2 Å². The molecule has 136 valence electrons. The van der Waals surface area contributed by atoms with Gasteiger partial charge in [0.15, 0.2) is 0 Å². The number of hydrogen-bond donors (Lipinski definition) is 1. The summed E-state index contributed by atoms with van der Waals surface area (Å²) < 4.78 is 27.3. The minimum atomic E-state index is -3.34. The molecule has 9 heteroatoms. The smallest absolute Gasteiger partial charge is 0.281 e. The summed E-state index contributed by atoms with van der Waals surface area (Å²) in [5.41, 5.74) is 3.55. The second-order valence-electron chi connectivity index (χ2n) is 6.62. The molecular weight excluding hydrogens is 340 g/mol. The molecule has 0 unspecified atom stereocenters. The summed E-state index contributed by atoms with van der Waals surface area (Å²) in [4.78, 5) is 9.07. The zero-order chi connectivity index (χ0) is 18.2. The van der Waals surface area contributed by atoms with Crippen molar-refractivity contribution in [2.45, 2.75) is 32.6 Å². The fourth-order valence-corrected chi connectivity index (χ4v) is 4.23. The van der Waals surface area contributed by atoms with Gasteiger partial charge in [0.1, 0.15) is 11.5 Å². The van der Waals surface area contributed by atoms with Gasteiger partial charge in [0.2, 0.25) is 0 Å². The summed E-state index contributed by atoms with van der Waals surface area (Å²) in [7, 11) is -0.217. The Kier molecular flexibility index (Phi) is 4.90. The van der Waals surface area contributed by atoms with E-state index in [9.17, 15) is 8.42 Å². The predicted molar refractivity (Wildman–Crippen MR) is 95.2 cm³/mol. The van der Waals surface area contributed by atoms with E-state index in [0.717, 1.165) is 35.6 Å². The fourth-order valence-electron chi connectivity index (χ4n) is 3.09. The number of aromatic amines is 1. The van der Waals surface area contributed by atoms with Gasteiger partial charge < -0.3 is 0 Å². The van der Waals surface area contributed by atoms with Crippen molar-refractivity contribution in [3.8, 4) is 11.4 Å². The molecule has 1 aliphatic heterocycles. The van der Waals surface area contributed by atoms with Crippen LogP contribution in [0.1, 0.15) is 36.0 Å². The molecule has 3 rings (SSSR count). The van der Waals surface area contributed by atoms with Gasteiger partial charge in [-0.05, 0) is 38.8 Å². The van der Waals surface area contributed by atoms with Crippen LogP contribution in [0.5, 0.6) is 0 Å². The molecular formula is C16H24N6O2S. The van der Waals surface area contributed by atoms with Crippen molar-refractivity contribution in [1.29, 1.82) is 0 Å². The number of aryl methyl sites for hydroxylation is 2. The predicted octanol–water partition coefficient (Wildman–Crippen LogP) is 1.47. The van der Waals surface area contributed by atoms with E-state index in [1.165, 1.54) is 8.61 Å². The molecule has 1 fully saturated rings. The molecule has 3 heterocycles. The molecule has 1 N–H and O–H groups in total. The number of rotatable bonds is 4. The Hall–Kier alpha value is -1.84. The molecule has 0 radical (unpaired) electrons. The van der Waals surface area contributed by atoms with Gasteiger partial charge in [-0.25, -0.2) is 9.97 Å². The molecule has 0 spiro atoms. The van der Waals surface area contributed by atoms with Crippen molar-refractivity contribution < 1.29 is 8.42 Å². The Morgan fingerprint density at radius 3 is 2.36 bits per heavy atom. The van der Waals surface area contributed by atoms with Crippen LogP contribution in [-0.4, -0.2) is 64.4 Å². The van der Waals surface area contributed by atoms with Crippen LogP contribution in [0.25, 0.3) is 11.4 Å². The second-order valence-corrected chi connectivity index (χ2v) is 8.77. The van der Waals surface area contributed by atoms with Gasteiger partial charge in [-0.2, -0.15) is 22.1 Å². The Morgan fingerprint density at radius 2 is 1.80 bits per heavy atom. The zero-order valence-corrected chi connectivity index (χ0v) is 15.8. The maximum absolute atomic E-state index is 12.2. The van der Waals surface area contributed by atoms with E-state index >= 15 is 0 Å². The molecule has 2 aromatic heterocycles. The lowest BCUT2D eigenvalue weighted by molar-refractivity contribution is 0.300. The van der Waals surface area contributed by atoms with Gasteiger partial charge in [0, 0.05) is 44.5 Å². The third kappa shape index (κ3) is 3.73.